The van der Waals surface area contributed by atoms with Gasteiger partial charge in [0.25, 0.3) is 0 Å². The van der Waals surface area contributed by atoms with Crippen LogP contribution in [0.25, 0.3) is 11.0 Å². The lowest BCUT2D eigenvalue weighted by Crippen LogP contribution is -2.65. The van der Waals surface area contributed by atoms with E-state index in [1.165, 1.54) is 18.9 Å². The Morgan fingerprint density at radius 2 is 1.54 bits per heavy atom. The van der Waals surface area contributed by atoms with Crippen LogP contribution in [0.5, 0.6) is 5.75 Å². The van der Waals surface area contributed by atoms with E-state index < -0.39 is 29.6 Å². The van der Waals surface area contributed by atoms with Crippen LogP contribution in [0.3, 0.4) is 0 Å². The molecule has 1 aromatic carbocycles. The molecular formula is C28H33ClO8. The van der Waals surface area contributed by atoms with Gasteiger partial charge in [0.15, 0.2) is 17.7 Å². The lowest BCUT2D eigenvalue weighted by atomic mass is 9.90. The fraction of sp³-hybridized carbons (Fsp3) is 0.679. The first-order chi connectivity index (χ1) is 17.9. The Labute approximate surface area is 220 Å². The lowest BCUT2D eigenvalue weighted by molar-refractivity contribution is -0.379. The van der Waals surface area contributed by atoms with E-state index in [0.29, 0.717) is 23.0 Å². The Balaban J connectivity index is 1.21. The average molecular weight is 533 g/mol. The van der Waals surface area contributed by atoms with E-state index in [9.17, 15) is 4.79 Å². The quantitative estimate of drug-likeness (QED) is 0.477. The maximum Gasteiger partial charge on any atom is 0.336 e. The Morgan fingerprint density at radius 3 is 2.30 bits per heavy atom. The summed E-state index contributed by atoms with van der Waals surface area (Å²) >= 11 is 6.63. The first kappa shape index (κ1) is 24.4. The van der Waals surface area contributed by atoms with Gasteiger partial charge in [-0.2, -0.15) is 0 Å². The van der Waals surface area contributed by atoms with E-state index in [0.717, 1.165) is 62.3 Å². The molecule has 0 bridgehead atoms. The molecule has 3 aliphatic heterocycles. The van der Waals surface area contributed by atoms with Crippen LogP contribution >= 0.6 is 11.6 Å². The summed E-state index contributed by atoms with van der Waals surface area (Å²) in [7, 11) is 0. The first-order valence-corrected chi connectivity index (χ1v) is 14.0. The molecule has 200 valence electrons. The second-order valence-corrected chi connectivity index (χ2v) is 11.6. The third-order valence-electron chi connectivity index (χ3n) is 8.63. The van der Waals surface area contributed by atoms with Gasteiger partial charge in [-0.3, -0.25) is 0 Å². The molecule has 1 aromatic heterocycles. The zero-order valence-electron chi connectivity index (χ0n) is 21.0. The van der Waals surface area contributed by atoms with Crippen molar-refractivity contribution in [2.75, 3.05) is 6.61 Å². The molecule has 9 heteroatoms. The van der Waals surface area contributed by atoms with Gasteiger partial charge < -0.3 is 32.8 Å². The third kappa shape index (κ3) is 4.30. The van der Waals surface area contributed by atoms with Crippen LogP contribution in [0, 0.1) is 6.92 Å². The third-order valence-corrected chi connectivity index (χ3v) is 8.93. The molecule has 37 heavy (non-hydrogen) atoms. The number of hydrogen-bond acceptors (Lipinski definition) is 8. The minimum absolute atomic E-state index is 0.300. The molecular weight excluding hydrogens is 500 g/mol. The van der Waals surface area contributed by atoms with Crippen LogP contribution in [0.2, 0.25) is 5.02 Å². The van der Waals surface area contributed by atoms with E-state index in [4.69, 9.17) is 44.4 Å². The number of halogens is 1. The predicted molar refractivity (Wildman–Crippen MR) is 134 cm³/mol. The van der Waals surface area contributed by atoms with Gasteiger partial charge in [0, 0.05) is 43.2 Å². The molecule has 0 radical (unpaired) electrons. The van der Waals surface area contributed by atoms with Crippen LogP contribution < -0.4 is 10.4 Å². The van der Waals surface area contributed by atoms with Gasteiger partial charge in [0.05, 0.1) is 11.6 Å². The van der Waals surface area contributed by atoms with E-state index in [-0.39, 0.29) is 18.3 Å². The van der Waals surface area contributed by atoms with Crippen molar-refractivity contribution < 1.29 is 32.8 Å². The molecule has 0 unspecified atom stereocenters. The molecule has 5 aliphatic rings. The van der Waals surface area contributed by atoms with Gasteiger partial charge >= 0.3 is 5.63 Å². The number of rotatable bonds is 2. The van der Waals surface area contributed by atoms with Crippen molar-refractivity contribution in [3.05, 3.63) is 39.2 Å². The molecule has 2 saturated carbocycles. The number of fused-ring (bicyclic) bond motifs is 4. The zero-order valence-corrected chi connectivity index (χ0v) is 21.8. The summed E-state index contributed by atoms with van der Waals surface area (Å²) in [5.74, 6) is -0.852. The van der Waals surface area contributed by atoms with Crippen molar-refractivity contribution >= 4 is 22.6 Å². The minimum atomic E-state index is -0.786. The molecule has 7 rings (SSSR count). The summed E-state index contributed by atoms with van der Waals surface area (Å²) in [4.78, 5) is 12.0. The molecule has 2 aromatic rings. The maximum absolute atomic E-state index is 12.0. The van der Waals surface area contributed by atoms with Crippen molar-refractivity contribution in [2.45, 2.75) is 113 Å². The highest BCUT2D eigenvalue weighted by atomic mass is 35.5. The summed E-state index contributed by atoms with van der Waals surface area (Å²) in [6.45, 7) is 2.25. The molecule has 2 aliphatic carbocycles. The molecule has 3 saturated heterocycles. The van der Waals surface area contributed by atoms with Crippen molar-refractivity contribution in [1.29, 1.82) is 0 Å². The van der Waals surface area contributed by atoms with E-state index in [1.807, 2.05) is 6.92 Å². The second kappa shape index (κ2) is 9.21. The summed E-state index contributed by atoms with van der Waals surface area (Å²) in [5.41, 5.74) is 0.775. The largest absolute Gasteiger partial charge is 0.460 e. The number of hydrogen-bond donors (Lipinski definition) is 0. The SMILES string of the molecule is Cc1cc(=O)oc2cc(O[C@@H]3O[C@@H]4COC5(CCCCC5)O[C@H]4[C@@H]4OC5(CCCCC5)O[C@H]34)c(Cl)cc12. The van der Waals surface area contributed by atoms with Gasteiger partial charge in [0.1, 0.15) is 29.6 Å². The van der Waals surface area contributed by atoms with Gasteiger partial charge in [0.2, 0.25) is 6.29 Å². The Kier molecular flexibility index (Phi) is 6.07. The highest BCUT2D eigenvalue weighted by molar-refractivity contribution is 6.32. The fourth-order valence-electron chi connectivity index (χ4n) is 6.76. The van der Waals surface area contributed by atoms with Gasteiger partial charge in [-0.15, -0.1) is 0 Å². The number of ether oxygens (including phenoxy) is 6. The smallest absolute Gasteiger partial charge is 0.336 e. The molecule has 5 fully saturated rings. The fourth-order valence-corrected chi connectivity index (χ4v) is 6.97. The minimum Gasteiger partial charge on any atom is -0.460 e. The van der Waals surface area contributed by atoms with Gasteiger partial charge in [-0.25, -0.2) is 4.79 Å². The first-order valence-electron chi connectivity index (χ1n) is 13.7. The van der Waals surface area contributed by atoms with Crippen molar-refractivity contribution in [3.8, 4) is 5.75 Å². The van der Waals surface area contributed by atoms with E-state index in [1.54, 1.807) is 12.1 Å². The molecule has 2 spiro atoms. The maximum atomic E-state index is 12.0. The second-order valence-electron chi connectivity index (χ2n) is 11.2. The molecule has 5 atom stereocenters. The molecule has 0 amide bonds. The topological polar surface area (TPSA) is 85.6 Å². The summed E-state index contributed by atoms with van der Waals surface area (Å²) < 4.78 is 44.6. The van der Waals surface area contributed by atoms with Crippen LogP contribution in [-0.2, 0) is 23.7 Å². The monoisotopic (exact) mass is 532 g/mol. The Morgan fingerprint density at radius 1 is 0.865 bits per heavy atom. The molecule has 8 nitrogen and oxygen atoms in total. The lowest BCUT2D eigenvalue weighted by Gasteiger charge is -2.51. The molecule has 0 N–H and O–H groups in total. The summed E-state index contributed by atoms with van der Waals surface area (Å²) in [5, 5.41) is 1.16. The van der Waals surface area contributed by atoms with Gasteiger partial charge in [-0.1, -0.05) is 24.4 Å². The van der Waals surface area contributed by atoms with Crippen LogP contribution in [-0.4, -0.2) is 48.9 Å². The highest BCUT2D eigenvalue weighted by Crippen LogP contribution is 2.49. The van der Waals surface area contributed by atoms with Crippen molar-refractivity contribution in [2.24, 2.45) is 0 Å². The van der Waals surface area contributed by atoms with E-state index in [2.05, 4.69) is 0 Å². The van der Waals surface area contributed by atoms with Crippen molar-refractivity contribution in [1.82, 2.24) is 0 Å². The number of aryl methyl sites for hydroxylation is 1. The van der Waals surface area contributed by atoms with Crippen LogP contribution in [0.1, 0.15) is 69.8 Å². The highest BCUT2D eigenvalue weighted by Gasteiger charge is 2.62. The predicted octanol–water partition coefficient (Wildman–Crippen LogP) is 5.38. The number of benzene rings is 1. The van der Waals surface area contributed by atoms with Crippen LogP contribution in [0.4, 0.5) is 0 Å². The van der Waals surface area contributed by atoms with Crippen LogP contribution in [0.15, 0.2) is 27.4 Å². The Hall–Kier alpha value is -1.68. The standard InChI is InChI=1S/C28H33ClO8/c1-16-12-22(30)32-19-14-20(18(29)13-17(16)19)33-26-25-24(36-28(37-25)10-6-3-7-11-28)23-21(34-26)15-31-27(35-23)8-4-2-5-9-27/h12-14,21,23-26H,2-11,15H2,1H3/t21-,23-,24+,25+,26-/m1/s1. The molecule has 4 heterocycles. The Bertz CT molecular complexity index is 1230. The van der Waals surface area contributed by atoms with E-state index >= 15 is 0 Å². The average Bonchev–Trinajstić information content (AvgIpc) is 3.25. The zero-order chi connectivity index (χ0) is 25.2. The summed E-state index contributed by atoms with van der Waals surface area (Å²) in [6, 6.07) is 4.85. The summed E-state index contributed by atoms with van der Waals surface area (Å²) in [6.07, 6.45) is 7.85. The van der Waals surface area contributed by atoms with Crippen molar-refractivity contribution in [3.63, 3.8) is 0 Å². The normalized spacial score (nSPS) is 34.4. The van der Waals surface area contributed by atoms with Gasteiger partial charge in [-0.05, 0) is 44.2 Å².